The number of esters is 2. The number of nitrogens with zero attached hydrogens (tertiary/aromatic N) is 2. The van der Waals surface area contributed by atoms with Crippen molar-refractivity contribution in [1.29, 1.82) is 0 Å². The second kappa shape index (κ2) is 44.6. The molecule has 3 unspecified atom stereocenters. The van der Waals surface area contributed by atoms with Crippen LogP contribution in [0.15, 0.2) is 0 Å². The van der Waals surface area contributed by atoms with E-state index in [0.29, 0.717) is 49.9 Å². The highest BCUT2D eigenvalue weighted by Gasteiger charge is 2.27. The summed E-state index contributed by atoms with van der Waals surface area (Å²) < 4.78 is 11.8. The first-order valence-corrected chi connectivity index (χ1v) is 28.3. The summed E-state index contributed by atoms with van der Waals surface area (Å²) >= 11 is 0. The second-order valence-electron chi connectivity index (χ2n) is 20.3. The first kappa shape index (κ1) is 59.8. The van der Waals surface area contributed by atoms with Crippen molar-refractivity contribution in [2.45, 2.75) is 278 Å². The largest absolute Gasteiger partial charge is 0.465 e. The highest BCUT2D eigenvalue weighted by molar-refractivity contribution is 5.69. The van der Waals surface area contributed by atoms with Crippen LogP contribution in [0.1, 0.15) is 272 Å². The van der Waals surface area contributed by atoms with Crippen LogP contribution < -0.4 is 0 Å². The van der Waals surface area contributed by atoms with E-state index in [1.165, 1.54) is 173 Å². The van der Waals surface area contributed by atoms with Crippen LogP contribution in [0.5, 0.6) is 0 Å². The molecule has 0 aromatic rings. The molecule has 0 bridgehead atoms. The van der Waals surface area contributed by atoms with Crippen molar-refractivity contribution in [3.8, 4) is 0 Å². The highest BCUT2D eigenvalue weighted by atomic mass is 16.5. The van der Waals surface area contributed by atoms with Crippen LogP contribution in [-0.2, 0) is 19.1 Å². The molecule has 374 valence electrons. The maximum atomic E-state index is 12.9. The minimum Gasteiger partial charge on any atom is -0.465 e. The van der Waals surface area contributed by atoms with Gasteiger partial charge in [0.1, 0.15) is 0 Å². The Hall–Kier alpha value is -1.18. The first-order chi connectivity index (χ1) is 30.9. The molecular formula is C56H110N2O5. The molecule has 1 aliphatic rings. The predicted octanol–water partition coefficient (Wildman–Crippen LogP) is 15.4. The number of aliphatic hydroxyl groups excluding tert-OH is 1. The van der Waals surface area contributed by atoms with E-state index in [9.17, 15) is 14.7 Å². The van der Waals surface area contributed by atoms with Crippen molar-refractivity contribution >= 4 is 11.9 Å². The van der Waals surface area contributed by atoms with Crippen LogP contribution in [0, 0.1) is 17.8 Å². The molecule has 63 heavy (non-hydrogen) atoms. The maximum absolute atomic E-state index is 12.9. The molecule has 7 nitrogen and oxygen atoms in total. The Balaban J connectivity index is 2.61. The number of hydrogen-bond donors (Lipinski definition) is 1. The van der Waals surface area contributed by atoms with Gasteiger partial charge in [-0.2, -0.15) is 0 Å². The van der Waals surface area contributed by atoms with E-state index < -0.39 is 0 Å². The van der Waals surface area contributed by atoms with E-state index in [1.807, 2.05) is 0 Å². The molecule has 0 aliphatic heterocycles. The molecule has 0 heterocycles. The van der Waals surface area contributed by atoms with Gasteiger partial charge in [-0.3, -0.25) is 14.5 Å². The molecule has 0 amide bonds. The quantitative estimate of drug-likeness (QED) is 0.0481. The predicted molar refractivity (Wildman–Crippen MR) is 270 cm³/mol. The third-order valence-electron chi connectivity index (χ3n) is 14.3. The third-order valence-corrected chi connectivity index (χ3v) is 14.3. The molecular weight excluding hydrogens is 781 g/mol. The van der Waals surface area contributed by atoms with Crippen LogP contribution in [0.2, 0.25) is 0 Å². The van der Waals surface area contributed by atoms with Gasteiger partial charge in [0.2, 0.25) is 0 Å². The van der Waals surface area contributed by atoms with E-state index >= 15 is 0 Å². The summed E-state index contributed by atoms with van der Waals surface area (Å²) in [6.07, 6.45) is 44.0. The Morgan fingerprint density at radius 2 is 0.857 bits per heavy atom. The zero-order valence-corrected chi connectivity index (χ0v) is 43.1. The summed E-state index contributed by atoms with van der Waals surface area (Å²) in [6.45, 7) is 18.0. The SMILES string of the molecule is CCCCCCCCC(CCCCCC)COC(=O)CCCCCN(CCCCCC(=O)OCC(CCCCCC)CCCCCCCC)CCN(CC(CO)CCC)C1CCC1. The molecule has 0 aromatic carbocycles. The van der Waals surface area contributed by atoms with Crippen molar-refractivity contribution in [3.05, 3.63) is 0 Å². The number of ether oxygens (including phenoxy) is 2. The zero-order valence-electron chi connectivity index (χ0n) is 43.1. The Morgan fingerprint density at radius 1 is 0.460 bits per heavy atom. The van der Waals surface area contributed by atoms with Gasteiger partial charge in [0.25, 0.3) is 0 Å². The topological polar surface area (TPSA) is 79.3 Å². The number of carbonyl (C=O) groups excluding carboxylic acids is 2. The lowest BCUT2D eigenvalue weighted by molar-refractivity contribution is -0.146. The number of unbranched alkanes of at least 4 members (excludes halogenated alkanes) is 20. The molecule has 0 aromatic heterocycles. The monoisotopic (exact) mass is 891 g/mol. The van der Waals surface area contributed by atoms with Gasteiger partial charge in [0.05, 0.1) is 13.2 Å². The van der Waals surface area contributed by atoms with Crippen molar-refractivity contribution in [1.82, 2.24) is 9.80 Å². The van der Waals surface area contributed by atoms with Crippen LogP contribution in [-0.4, -0.2) is 85.4 Å². The molecule has 0 spiro atoms. The van der Waals surface area contributed by atoms with Crippen LogP contribution in [0.3, 0.4) is 0 Å². The Kier molecular flexibility index (Phi) is 42.4. The van der Waals surface area contributed by atoms with Gasteiger partial charge in [-0.25, -0.2) is 0 Å². The number of hydrogen-bond acceptors (Lipinski definition) is 7. The van der Waals surface area contributed by atoms with Gasteiger partial charge in [0, 0.05) is 45.1 Å². The van der Waals surface area contributed by atoms with Crippen LogP contribution in [0.4, 0.5) is 0 Å². The van der Waals surface area contributed by atoms with Crippen LogP contribution in [0.25, 0.3) is 0 Å². The van der Waals surface area contributed by atoms with E-state index in [-0.39, 0.29) is 18.5 Å². The lowest BCUT2D eigenvalue weighted by Gasteiger charge is -2.40. The van der Waals surface area contributed by atoms with Crippen molar-refractivity contribution in [2.75, 3.05) is 52.5 Å². The summed E-state index contributed by atoms with van der Waals surface area (Å²) in [6, 6.07) is 0.665. The summed E-state index contributed by atoms with van der Waals surface area (Å²) in [7, 11) is 0. The molecule has 7 heteroatoms. The second-order valence-corrected chi connectivity index (χ2v) is 20.3. The van der Waals surface area contributed by atoms with E-state index in [4.69, 9.17) is 9.47 Å². The molecule has 1 saturated carbocycles. The highest BCUT2D eigenvalue weighted by Crippen LogP contribution is 2.27. The molecule has 0 radical (unpaired) electrons. The lowest BCUT2D eigenvalue weighted by atomic mass is 9.90. The van der Waals surface area contributed by atoms with Crippen molar-refractivity contribution < 1.29 is 24.2 Å². The number of rotatable bonds is 49. The van der Waals surface area contributed by atoms with E-state index in [2.05, 4.69) is 44.4 Å². The number of carbonyl (C=O) groups is 2. The summed E-state index contributed by atoms with van der Waals surface area (Å²) in [5, 5.41) is 10.1. The fraction of sp³-hybridized carbons (Fsp3) is 0.964. The standard InChI is InChI=1S/C56H110N2O5/c1-6-11-15-19-21-27-37-51(35-25-17-13-8-3)49-62-55(60)41-29-23-31-43-57(45-46-58(54-39-33-40-54)47-53(48-59)34-10-5)44-32-24-30-42-56(61)63-50-52(36-26-18-14-9-4)38-28-22-20-16-12-7-2/h51-54,59H,6-50H2,1-5H3. The maximum Gasteiger partial charge on any atom is 0.305 e. The lowest BCUT2D eigenvalue weighted by Crippen LogP contribution is -2.47. The van der Waals surface area contributed by atoms with E-state index in [0.717, 1.165) is 84.1 Å². The Labute approximate surface area is 393 Å². The fourth-order valence-electron chi connectivity index (χ4n) is 9.66. The molecule has 3 atom stereocenters. The van der Waals surface area contributed by atoms with Crippen molar-refractivity contribution in [2.24, 2.45) is 17.8 Å². The summed E-state index contributed by atoms with van der Waals surface area (Å²) in [5.41, 5.74) is 0. The molecule has 0 saturated heterocycles. The van der Waals surface area contributed by atoms with Gasteiger partial charge < -0.3 is 19.5 Å². The van der Waals surface area contributed by atoms with Gasteiger partial charge in [-0.15, -0.1) is 0 Å². The van der Waals surface area contributed by atoms with Gasteiger partial charge in [-0.05, 0) is 101 Å². The van der Waals surface area contributed by atoms with E-state index in [1.54, 1.807) is 0 Å². The molecule has 1 aliphatic carbocycles. The normalized spacial score (nSPS) is 14.6. The molecule has 1 fully saturated rings. The molecule has 1 N–H and O–H groups in total. The Bertz CT molecular complexity index is 933. The van der Waals surface area contributed by atoms with Crippen LogP contribution >= 0.6 is 0 Å². The van der Waals surface area contributed by atoms with Gasteiger partial charge in [0.15, 0.2) is 0 Å². The minimum absolute atomic E-state index is 0.00570. The average Bonchev–Trinajstić information content (AvgIpc) is 3.26. The smallest absolute Gasteiger partial charge is 0.305 e. The van der Waals surface area contributed by atoms with Gasteiger partial charge >= 0.3 is 11.9 Å². The van der Waals surface area contributed by atoms with Gasteiger partial charge in [-0.1, -0.05) is 189 Å². The average molecular weight is 892 g/mol. The van der Waals surface area contributed by atoms with Crippen molar-refractivity contribution in [3.63, 3.8) is 0 Å². The fourth-order valence-corrected chi connectivity index (χ4v) is 9.66. The third kappa shape index (κ3) is 35.7. The molecule has 1 rings (SSSR count). The first-order valence-electron chi connectivity index (χ1n) is 28.3. The number of aliphatic hydroxyl groups is 1. The minimum atomic E-state index is -0.00570. The summed E-state index contributed by atoms with van der Waals surface area (Å²) in [5.74, 6) is 1.38. The Morgan fingerprint density at radius 3 is 1.24 bits per heavy atom. The summed E-state index contributed by atoms with van der Waals surface area (Å²) in [4.78, 5) is 31.1. The zero-order chi connectivity index (χ0) is 45.9.